The van der Waals surface area contributed by atoms with Crippen LogP contribution in [0.25, 0.3) is 17.1 Å². The molecule has 9 heteroatoms. The van der Waals surface area contributed by atoms with Gasteiger partial charge in [-0.2, -0.15) is 13.2 Å². The zero-order valence-electron chi connectivity index (χ0n) is 16.4. The van der Waals surface area contributed by atoms with Gasteiger partial charge in [-0.05, 0) is 42.0 Å². The highest BCUT2D eigenvalue weighted by atomic mass is 19.4. The summed E-state index contributed by atoms with van der Waals surface area (Å²) < 4.78 is 38.4. The first kappa shape index (κ1) is 20.6. The summed E-state index contributed by atoms with van der Waals surface area (Å²) in [5.41, 5.74) is 1.63. The van der Waals surface area contributed by atoms with Crippen molar-refractivity contribution < 1.29 is 22.8 Å². The van der Waals surface area contributed by atoms with Crippen LogP contribution in [0.1, 0.15) is 21.5 Å². The first-order valence-electron chi connectivity index (χ1n) is 9.68. The van der Waals surface area contributed by atoms with Crippen molar-refractivity contribution in [2.45, 2.75) is 6.18 Å². The van der Waals surface area contributed by atoms with Crippen LogP contribution in [-0.4, -0.2) is 57.8 Å². The summed E-state index contributed by atoms with van der Waals surface area (Å²) in [7, 11) is 0. The molecule has 160 valence electrons. The first-order valence-corrected chi connectivity index (χ1v) is 9.68. The average molecular weight is 428 g/mol. The molecule has 0 aliphatic carbocycles. The third-order valence-corrected chi connectivity index (χ3v) is 5.18. The SMILES string of the molecule is O=C(C=Cc1cccc(C(F)(F)F)c1)N1CCN(C(=O)c2ccc3nc[nH]c3c2)CC1. The number of alkyl halides is 3. The number of amides is 2. The molecule has 0 radical (unpaired) electrons. The molecule has 0 unspecified atom stereocenters. The average Bonchev–Trinajstić information content (AvgIpc) is 3.24. The van der Waals surface area contributed by atoms with Gasteiger partial charge < -0.3 is 14.8 Å². The summed E-state index contributed by atoms with van der Waals surface area (Å²) in [5, 5.41) is 0. The number of carbonyl (C=O) groups is 2. The number of carbonyl (C=O) groups excluding carboxylic acids is 2. The summed E-state index contributed by atoms with van der Waals surface area (Å²) >= 11 is 0. The Bertz CT molecular complexity index is 1140. The van der Waals surface area contributed by atoms with E-state index in [2.05, 4.69) is 9.97 Å². The fourth-order valence-electron chi connectivity index (χ4n) is 3.47. The zero-order valence-corrected chi connectivity index (χ0v) is 16.4. The molecule has 31 heavy (non-hydrogen) atoms. The van der Waals surface area contributed by atoms with Gasteiger partial charge in [0.05, 0.1) is 22.9 Å². The number of aromatic nitrogens is 2. The number of fused-ring (bicyclic) bond motifs is 1. The van der Waals surface area contributed by atoms with Crippen LogP contribution in [0.3, 0.4) is 0 Å². The molecule has 1 aliphatic rings. The molecule has 4 rings (SSSR count). The monoisotopic (exact) mass is 428 g/mol. The Balaban J connectivity index is 1.35. The lowest BCUT2D eigenvalue weighted by Gasteiger charge is -2.34. The number of benzene rings is 2. The van der Waals surface area contributed by atoms with Crippen molar-refractivity contribution in [1.82, 2.24) is 19.8 Å². The largest absolute Gasteiger partial charge is 0.416 e. The minimum absolute atomic E-state index is 0.122. The van der Waals surface area contributed by atoms with Gasteiger partial charge in [0.15, 0.2) is 0 Å². The Morgan fingerprint density at radius 1 is 1.00 bits per heavy atom. The quantitative estimate of drug-likeness (QED) is 0.649. The number of hydrogen-bond acceptors (Lipinski definition) is 3. The molecule has 2 heterocycles. The van der Waals surface area contributed by atoms with Crippen molar-refractivity contribution in [2.24, 2.45) is 0 Å². The molecule has 1 saturated heterocycles. The van der Waals surface area contributed by atoms with Crippen LogP contribution in [-0.2, 0) is 11.0 Å². The zero-order chi connectivity index (χ0) is 22.0. The molecule has 1 aromatic heterocycles. The van der Waals surface area contributed by atoms with Crippen molar-refractivity contribution >= 4 is 28.9 Å². The van der Waals surface area contributed by atoms with Gasteiger partial charge in [0.25, 0.3) is 5.91 Å². The number of hydrogen-bond donors (Lipinski definition) is 1. The van der Waals surface area contributed by atoms with Gasteiger partial charge in [-0.25, -0.2) is 4.98 Å². The minimum atomic E-state index is -4.43. The lowest BCUT2D eigenvalue weighted by molar-refractivity contribution is -0.137. The lowest BCUT2D eigenvalue weighted by atomic mass is 10.1. The van der Waals surface area contributed by atoms with Crippen molar-refractivity contribution in [3.63, 3.8) is 0 Å². The Morgan fingerprint density at radius 2 is 1.74 bits per heavy atom. The number of imidazole rings is 1. The van der Waals surface area contributed by atoms with Crippen LogP contribution >= 0.6 is 0 Å². The number of aromatic amines is 1. The fraction of sp³-hybridized carbons (Fsp3) is 0.227. The molecule has 2 aromatic carbocycles. The Morgan fingerprint density at radius 3 is 2.48 bits per heavy atom. The van der Waals surface area contributed by atoms with E-state index in [4.69, 9.17) is 0 Å². The summed E-state index contributed by atoms with van der Waals surface area (Å²) in [6.07, 6.45) is -0.233. The van der Waals surface area contributed by atoms with Gasteiger partial charge in [-0.1, -0.05) is 12.1 Å². The number of nitrogens with one attached hydrogen (secondary N) is 1. The summed E-state index contributed by atoms with van der Waals surface area (Å²) in [5.74, 6) is -0.425. The standard InChI is InChI=1S/C22H19F3N4O2/c23-22(24,25)17-3-1-2-15(12-17)4-7-20(30)28-8-10-29(11-9-28)21(31)16-5-6-18-19(13-16)27-14-26-18/h1-7,12-14H,8-11H2,(H,26,27). The van der Waals surface area contributed by atoms with Gasteiger partial charge in [0, 0.05) is 37.8 Å². The number of piperazine rings is 1. The van der Waals surface area contributed by atoms with Crippen molar-refractivity contribution in [1.29, 1.82) is 0 Å². The highest BCUT2D eigenvalue weighted by Gasteiger charge is 2.30. The number of H-pyrrole nitrogens is 1. The maximum absolute atomic E-state index is 12.8. The van der Waals surface area contributed by atoms with Gasteiger partial charge in [0.2, 0.25) is 5.91 Å². The molecule has 0 bridgehead atoms. The second kappa shape index (κ2) is 8.25. The smallest absolute Gasteiger partial charge is 0.345 e. The Labute approximate surface area is 176 Å². The highest BCUT2D eigenvalue weighted by molar-refractivity contribution is 5.97. The maximum atomic E-state index is 12.8. The van der Waals surface area contributed by atoms with Crippen LogP contribution in [0, 0.1) is 0 Å². The normalized spacial score (nSPS) is 15.1. The Hall–Kier alpha value is -3.62. The minimum Gasteiger partial charge on any atom is -0.345 e. The van der Waals surface area contributed by atoms with E-state index in [1.807, 2.05) is 0 Å². The molecule has 0 spiro atoms. The second-order valence-electron chi connectivity index (χ2n) is 7.21. The molecule has 1 fully saturated rings. The van der Waals surface area contributed by atoms with Gasteiger partial charge in [0.1, 0.15) is 0 Å². The summed E-state index contributed by atoms with van der Waals surface area (Å²) in [6, 6.07) is 10.0. The van der Waals surface area contributed by atoms with E-state index in [1.165, 1.54) is 24.3 Å². The first-order chi connectivity index (χ1) is 14.8. The molecule has 3 aromatic rings. The third kappa shape index (κ3) is 4.60. The van der Waals surface area contributed by atoms with E-state index in [9.17, 15) is 22.8 Å². The second-order valence-corrected chi connectivity index (χ2v) is 7.21. The number of halogens is 3. The molecular formula is C22H19F3N4O2. The molecular weight excluding hydrogens is 409 g/mol. The number of rotatable bonds is 3. The third-order valence-electron chi connectivity index (χ3n) is 5.18. The van der Waals surface area contributed by atoms with Crippen molar-refractivity contribution in [3.05, 3.63) is 71.6 Å². The Kier molecular flexibility index (Phi) is 5.50. The van der Waals surface area contributed by atoms with Gasteiger partial charge >= 0.3 is 6.18 Å². The topological polar surface area (TPSA) is 69.3 Å². The van der Waals surface area contributed by atoms with E-state index >= 15 is 0 Å². The van der Waals surface area contributed by atoms with E-state index < -0.39 is 11.7 Å². The van der Waals surface area contributed by atoms with E-state index in [1.54, 1.807) is 34.3 Å². The van der Waals surface area contributed by atoms with Gasteiger partial charge in [-0.3, -0.25) is 9.59 Å². The van der Waals surface area contributed by atoms with E-state index in [-0.39, 0.29) is 11.8 Å². The molecule has 0 saturated carbocycles. The number of nitrogens with zero attached hydrogens (tertiary/aromatic N) is 3. The highest BCUT2D eigenvalue weighted by Crippen LogP contribution is 2.29. The predicted octanol–water partition coefficient (Wildman–Crippen LogP) is 3.58. The molecule has 1 aliphatic heterocycles. The maximum Gasteiger partial charge on any atom is 0.416 e. The van der Waals surface area contributed by atoms with Crippen LogP contribution in [0.4, 0.5) is 13.2 Å². The van der Waals surface area contributed by atoms with Crippen LogP contribution in [0.15, 0.2) is 54.9 Å². The van der Waals surface area contributed by atoms with Crippen LogP contribution in [0.5, 0.6) is 0 Å². The molecule has 0 atom stereocenters. The van der Waals surface area contributed by atoms with Crippen molar-refractivity contribution in [3.8, 4) is 0 Å². The predicted molar refractivity (Wildman–Crippen MR) is 109 cm³/mol. The lowest BCUT2D eigenvalue weighted by Crippen LogP contribution is -2.50. The molecule has 2 amide bonds. The molecule has 6 nitrogen and oxygen atoms in total. The van der Waals surface area contributed by atoms with Crippen LogP contribution in [0.2, 0.25) is 0 Å². The van der Waals surface area contributed by atoms with E-state index in [0.29, 0.717) is 37.3 Å². The van der Waals surface area contributed by atoms with Crippen LogP contribution < -0.4 is 0 Å². The van der Waals surface area contributed by atoms with E-state index in [0.717, 1.165) is 23.2 Å². The fourth-order valence-corrected chi connectivity index (χ4v) is 3.47. The molecule has 1 N–H and O–H groups in total. The van der Waals surface area contributed by atoms with Crippen molar-refractivity contribution in [2.75, 3.05) is 26.2 Å². The summed E-state index contributed by atoms with van der Waals surface area (Å²) in [4.78, 5) is 35.5. The van der Waals surface area contributed by atoms with Gasteiger partial charge in [-0.15, -0.1) is 0 Å². The summed E-state index contributed by atoms with van der Waals surface area (Å²) in [6.45, 7) is 1.46.